The van der Waals surface area contributed by atoms with Crippen LogP contribution in [0, 0.1) is 0 Å². The summed E-state index contributed by atoms with van der Waals surface area (Å²) in [6, 6.07) is 9.98. The summed E-state index contributed by atoms with van der Waals surface area (Å²) in [5.74, 6) is 1.77. The van der Waals surface area contributed by atoms with Gasteiger partial charge in [-0.25, -0.2) is 0 Å². The molecule has 0 spiro atoms. The highest BCUT2D eigenvalue weighted by atomic mass is 16.5. The number of hydrogen-bond donors (Lipinski definition) is 1. The molecule has 0 amide bonds. The molecule has 2 rings (SSSR count). The van der Waals surface area contributed by atoms with E-state index in [1.807, 2.05) is 42.2 Å². The molecule has 0 aliphatic carbocycles. The van der Waals surface area contributed by atoms with E-state index in [-0.39, 0.29) is 0 Å². The predicted molar refractivity (Wildman–Crippen MR) is 92.7 cm³/mol. The van der Waals surface area contributed by atoms with E-state index in [4.69, 9.17) is 4.74 Å². The van der Waals surface area contributed by atoms with Crippen molar-refractivity contribution in [1.29, 1.82) is 0 Å². The molecule has 0 aliphatic rings. The monoisotopic (exact) mass is 315 g/mol. The van der Waals surface area contributed by atoms with Gasteiger partial charge >= 0.3 is 0 Å². The van der Waals surface area contributed by atoms with Crippen LogP contribution in [-0.4, -0.2) is 48.4 Å². The number of hydrogen-bond acceptors (Lipinski definition) is 3. The molecule has 2 aromatic rings. The van der Waals surface area contributed by atoms with Gasteiger partial charge in [-0.3, -0.25) is 9.67 Å². The normalized spacial score (nSPS) is 11.3. The van der Waals surface area contributed by atoms with E-state index in [0.717, 1.165) is 43.3 Å². The fourth-order valence-corrected chi connectivity index (χ4v) is 2.42. The number of para-hydroxylation sites is 1. The summed E-state index contributed by atoms with van der Waals surface area (Å²) in [4.78, 5) is 6.43. The van der Waals surface area contributed by atoms with Gasteiger partial charge in [0.25, 0.3) is 0 Å². The zero-order valence-corrected chi connectivity index (χ0v) is 14.1. The molecule has 0 saturated heterocycles. The lowest BCUT2D eigenvalue weighted by atomic mass is 10.2. The number of nitrogens with zero attached hydrogens (tertiary/aromatic N) is 4. The molecule has 0 saturated carbocycles. The number of guanidine groups is 1. The third-order valence-electron chi connectivity index (χ3n) is 3.58. The van der Waals surface area contributed by atoms with Crippen molar-refractivity contribution in [2.24, 2.45) is 4.99 Å². The standard InChI is InChI=1S/C17H25N5O/c1-18-17(19-10-6-12-22-13-7-11-20-22)21(2)14-15-8-4-5-9-16(15)23-3/h4-5,7-9,11,13H,6,10,12,14H2,1-3H3,(H,18,19). The quantitative estimate of drug-likeness (QED) is 0.482. The summed E-state index contributed by atoms with van der Waals surface area (Å²) >= 11 is 0. The van der Waals surface area contributed by atoms with Crippen LogP contribution in [0.4, 0.5) is 0 Å². The third-order valence-corrected chi connectivity index (χ3v) is 3.58. The Morgan fingerprint density at radius 1 is 1.35 bits per heavy atom. The number of aromatic nitrogens is 2. The molecule has 0 fully saturated rings. The molecule has 0 unspecified atom stereocenters. The summed E-state index contributed by atoms with van der Waals surface area (Å²) in [6.45, 7) is 2.48. The van der Waals surface area contributed by atoms with Crippen molar-refractivity contribution in [2.75, 3.05) is 27.7 Å². The molecule has 6 heteroatoms. The van der Waals surface area contributed by atoms with Gasteiger partial charge in [0.15, 0.2) is 5.96 Å². The smallest absolute Gasteiger partial charge is 0.193 e. The highest BCUT2D eigenvalue weighted by molar-refractivity contribution is 5.79. The van der Waals surface area contributed by atoms with E-state index in [9.17, 15) is 0 Å². The topological polar surface area (TPSA) is 54.7 Å². The third kappa shape index (κ3) is 5.02. The molecule has 1 heterocycles. The van der Waals surface area contributed by atoms with Crippen molar-refractivity contribution in [3.05, 3.63) is 48.3 Å². The van der Waals surface area contributed by atoms with Crippen molar-refractivity contribution in [1.82, 2.24) is 20.0 Å². The van der Waals surface area contributed by atoms with E-state index < -0.39 is 0 Å². The van der Waals surface area contributed by atoms with Gasteiger partial charge in [0.1, 0.15) is 5.75 Å². The van der Waals surface area contributed by atoms with Gasteiger partial charge in [-0.1, -0.05) is 18.2 Å². The van der Waals surface area contributed by atoms with E-state index in [1.165, 1.54) is 0 Å². The molecule has 124 valence electrons. The minimum atomic E-state index is 0.739. The van der Waals surface area contributed by atoms with Gasteiger partial charge in [-0.2, -0.15) is 5.10 Å². The van der Waals surface area contributed by atoms with Gasteiger partial charge < -0.3 is 15.0 Å². The van der Waals surface area contributed by atoms with Gasteiger partial charge in [0, 0.05) is 51.7 Å². The van der Waals surface area contributed by atoms with Crippen molar-refractivity contribution in [3.8, 4) is 5.75 Å². The molecule has 0 atom stereocenters. The summed E-state index contributed by atoms with van der Waals surface area (Å²) in [5.41, 5.74) is 1.14. The second-order valence-corrected chi connectivity index (χ2v) is 5.26. The van der Waals surface area contributed by atoms with Crippen LogP contribution >= 0.6 is 0 Å². The Morgan fingerprint density at radius 3 is 2.87 bits per heavy atom. The molecular weight excluding hydrogens is 290 g/mol. The molecule has 6 nitrogen and oxygen atoms in total. The van der Waals surface area contributed by atoms with Gasteiger partial charge in [0.05, 0.1) is 7.11 Å². The van der Waals surface area contributed by atoms with Crippen LogP contribution in [0.25, 0.3) is 0 Å². The first-order valence-electron chi connectivity index (χ1n) is 7.75. The van der Waals surface area contributed by atoms with E-state index in [0.29, 0.717) is 0 Å². The maximum atomic E-state index is 5.40. The van der Waals surface area contributed by atoms with Crippen LogP contribution in [-0.2, 0) is 13.1 Å². The number of rotatable bonds is 7. The Bertz CT molecular complexity index is 609. The van der Waals surface area contributed by atoms with E-state index in [2.05, 4.69) is 26.4 Å². The Morgan fingerprint density at radius 2 is 2.17 bits per heavy atom. The lowest BCUT2D eigenvalue weighted by Crippen LogP contribution is -2.39. The number of nitrogens with one attached hydrogen (secondary N) is 1. The molecule has 1 N–H and O–H groups in total. The highest BCUT2D eigenvalue weighted by Crippen LogP contribution is 2.18. The number of ether oxygens (including phenoxy) is 1. The molecule has 1 aromatic heterocycles. The van der Waals surface area contributed by atoms with Crippen LogP contribution in [0.3, 0.4) is 0 Å². The molecule has 0 radical (unpaired) electrons. The Hall–Kier alpha value is -2.50. The van der Waals surface area contributed by atoms with Crippen LogP contribution in [0.5, 0.6) is 5.75 Å². The second-order valence-electron chi connectivity index (χ2n) is 5.26. The SMILES string of the molecule is CN=C(NCCCn1cccn1)N(C)Cc1ccccc1OC. The van der Waals surface area contributed by atoms with Gasteiger partial charge in [0.2, 0.25) is 0 Å². The molecule has 0 aliphatic heterocycles. The molecule has 0 bridgehead atoms. The minimum Gasteiger partial charge on any atom is -0.496 e. The van der Waals surface area contributed by atoms with E-state index in [1.54, 1.807) is 20.4 Å². The summed E-state index contributed by atoms with van der Waals surface area (Å²) < 4.78 is 7.34. The summed E-state index contributed by atoms with van der Waals surface area (Å²) in [6.07, 6.45) is 4.76. The zero-order chi connectivity index (χ0) is 16.5. The van der Waals surface area contributed by atoms with Crippen LogP contribution < -0.4 is 10.1 Å². The van der Waals surface area contributed by atoms with Crippen LogP contribution in [0.2, 0.25) is 0 Å². The van der Waals surface area contributed by atoms with Gasteiger partial charge in [-0.05, 0) is 18.6 Å². The Labute approximate surface area is 137 Å². The Balaban J connectivity index is 1.82. The second kappa shape index (κ2) is 8.82. The average molecular weight is 315 g/mol. The lowest BCUT2D eigenvalue weighted by molar-refractivity contribution is 0.395. The van der Waals surface area contributed by atoms with Crippen LogP contribution in [0.1, 0.15) is 12.0 Å². The molecule has 1 aromatic carbocycles. The van der Waals surface area contributed by atoms with E-state index >= 15 is 0 Å². The first-order valence-corrected chi connectivity index (χ1v) is 7.75. The predicted octanol–water partition coefficient (Wildman–Crippen LogP) is 1.99. The minimum absolute atomic E-state index is 0.739. The fourth-order valence-electron chi connectivity index (χ4n) is 2.42. The fraction of sp³-hybridized carbons (Fsp3) is 0.412. The average Bonchev–Trinajstić information content (AvgIpc) is 3.08. The number of methoxy groups -OCH3 is 1. The lowest BCUT2D eigenvalue weighted by Gasteiger charge is -2.23. The van der Waals surface area contributed by atoms with Crippen LogP contribution in [0.15, 0.2) is 47.7 Å². The van der Waals surface area contributed by atoms with Crippen molar-refractivity contribution in [3.63, 3.8) is 0 Å². The number of aryl methyl sites for hydroxylation is 1. The maximum absolute atomic E-state index is 5.40. The van der Waals surface area contributed by atoms with Crippen molar-refractivity contribution in [2.45, 2.75) is 19.5 Å². The highest BCUT2D eigenvalue weighted by Gasteiger charge is 2.09. The zero-order valence-electron chi connectivity index (χ0n) is 14.1. The summed E-state index contributed by atoms with van der Waals surface area (Å²) in [5, 5.41) is 7.58. The Kier molecular flexibility index (Phi) is 6.47. The first kappa shape index (κ1) is 16.9. The number of aliphatic imine (C=N–C) groups is 1. The maximum Gasteiger partial charge on any atom is 0.193 e. The molecular formula is C17H25N5O. The number of benzene rings is 1. The van der Waals surface area contributed by atoms with Gasteiger partial charge in [-0.15, -0.1) is 0 Å². The molecule has 23 heavy (non-hydrogen) atoms. The van der Waals surface area contributed by atoms with Crippen molar-refractivity contribution < 1.29 is 4.74 Å². The summed E-state index contributed by atoms with van der Waals surface area (Å²) in [7, 11) is 5.52. The van der Waals surface area contributed by atoms with Crippen molar-refractivity contribution >= 4 is 5.96 Å². The first-order chi connectivity index (χ1) is 11.2. The largest absolute Gasteiger partial charge is 0.496 e.